The van der Waals surface area contributed by atoms with E-state index in [0.717, 1.165) is 6.54 Å². The van der Waals surface area contributed by atoms with Crippen molar-refractivity contribution in [2.24, 2.45) is 5.92 Å². The van der Waals surface area contributed by atoms with Crippen molar-refractivity contribution in [3.05, 3.63) is 28.8 Å². The Labute approximate surface area is 123 Å². The van der Waals surface area contributed by atoms with Crippen LogP contribution in [0.25, 0.3) is 0 Å². The first kappa shape index (κ1) is 16.5. The molecule has 0 aromatic heterocycles. The zero-order valence-electron chi connectivity index (χ0n) is 11.8. The number of methoxy groups -OCH3 is 1. The number of ether oxygens (including phenoxy) is 1. The molecule has 20 heavy (non-hydrogen) atoms. The Bertz CT molecular complexity index is 489. The fraction of sp³-hybridized carbons (Fsp3) is 0.429. The van der Waals surface area contributed by atoms with Crippen molar-refractivity contribution in [3.8, 4) is 0 Å². The maximum absolute atomic E-state index is 11.7. The lowest BCUT2D eigenvalue weighted by Crippen LogP contribution is -2.30. The van der Waals surface area contributed by atoms with Crippen LogP contribution in [0.1, 0.15) is 24.2 Å². The number of esters is 1. The first-order valence-electron chi connectivity index (χ1n) is 6.32. The molecular weight excluding hydrogens is 280 g/mol. The average Bonchev–Trinajstić information content (AvgIpc) is 2.40. The van der Waals surface area contributed by atoms with Crippen molar-refractivity contribution in [2.45, 2.75) is 13.8 Å². The molecule has 0 bridgehead atoms. The minimum absolute atomic E-state index is 0.191. The number of anilines is 1. The van der Waals surface area contributed by atoms with E-state index in [1.165, 1.54) is 13.2 Å². The molecule has 0 spiro atoms. The van der Waals surface area contributed by atoms with E-state index >= 15 is 0 Å². The number of halogens is 1. The lowest BCUT2D eigenvalue weighted by Gasteiger charge is -2.10. The van der Waals surface area contributed by atoms with E-state index in [0.29, 0.717) is 22.2 Å². The maximum atomic E-state index is 11.7. The number of hydrogen-bond acceptors (Lipinski definition) is 4. The van der Waals surface area contributed by atoms with Gasteiger partial charge in [0.05, 0.1) is 29.9 Å². The summed E-state index contributed by atoms with van der Waals surface area (Å²) in [6.45, 7) is 5.06. The third kappa shape index (κ3) is 5.19. The lowest BCUT2D eigenvalue weighted by molar-refractivity contribution is -0.115. The number of carbonyl (C=O) groups is 2. The Kier molecular flexibility index (Phi) is 6.48. The summed E-state index contributed by atoms with van der Waals surface area (Å²) in [5.41, 5.74) is 0.730. The van der Waals surface area contributed by atoms with E-state index in [2.05, 4.69) is 29.2 Å². The lowest BCUT2D eigenvalue weighted by atomic mass is 10.2. The van der Waals surface area contributed by atoms with Crippen molar-refractivity contribution >= 4 is 29.2 Å². The fourth-order valence-electron chi connectivity index (χ4n) is 1.53. The first-order valence-corrected chi connectivity index (χ1v) is 6.70. The van der Waals surface area contributed by atoms with Crippen molar-refractivity contribution in [1.29, 1.82) is 0 Å². The number of benzene rings is 1. The Balaban J connectivity index is 2.66. The topological polar surface area (TPSA) is 67.4 Å². The monoisotopic (exact) mass is 298 g/mol. The van der Waals surface area contributed by atoms with Gasteiger partial charge in [-0.05, 0) is 30.7 Å². The summed E-state index contributed by atoms with van der Waals surface area (Å²) >= 11 is 5.99. The molecule has 1 aromatic carbocycles. The third-order valence-corrected chi connectivity index (χ3v) is 2.83. The molecular formula is C14H19ClN2O3. The summed E-state index contributed by atoms with van der Waals surface area (Å²) in [6.07, 6.45) is 0. The molecule has 0 heterocycles. The molecule has 0 saturated carbocycles. The van der Waals surface area contributed by atoms with Crippen LogP contribution in [0.2, 0.25) is 5.02 Å². The standard InChI is InChI=1S/C14H19ClN2O3/c1-9(2)7-16-8-13(18)17-12-6-10(14(19)20-3)4-5-11(12)15/h4-6,9,16H,7-8H2,1-3H3,(H,17,18). The second-order valence-corrected chi connectivity index (χ2v) is 5.17. The van der Waals surface area contributed by atoms with Crippen LogP contribution in [0, 0.1) is 5.92 Å². The number of hydrogen-bond donors (Lipinski definition) is 2. The number of carbonyl (C=O) groups excluding carboxylic acids is 2. The molecule has 0 fully saturated rings. The van der Waals surface area contributed by atoms with Gasteiger partial charge in [0.15, 0.2) is 0 Å². The van der Waals surface area contributed by atoms with Gasteiger partial charge in [0.2, 0.25) is 5.91 Å². The van der Waals surface area contributed by atoms with E-state index in [4.69, 9.17) is 11.6 Å². The van der Waals surface area contributed by atoms with Gasteiger partial charge in [-0.3, -0.25) is 4.79 Å². The van der Waals surface area contributed by atoms with Gasteiger partial charge in [-0.1, -0.05) is 25.4 Å². The number of amides is 1. The van der Waals surface area contributed by atoms with Crippen LogP contribution in [-0.4, -0.2) is 32.1 Å². The van der Waals surface area contributed by atoms with Crippen LogP contribution in [0.5, 0.6) is 0 Å². The van der Waals surface area contributed by atoms with E-state index in [1.807, 2.05) is 0 Å². The van der Waals surface area contributed by atoms with Gasteiger partial charge in [0.25, 0.3) is 0 Å². The quantitative estimate of drug-likeness (QED) is 0.791. The van der Waals surface area contributed by atoms with Gasteiger partial charge in [0, 0.05) is 0 Å². The van der Waals surface area contributed by atoms with Crippen molar-refractivity contribution in [3.63, 3.8) is 0 Å². The van der Waals surface area contributed by atoms with E-state index in [1.54, 1.807) is 12.1 Å². The SMILES string of the molecule is COC(=O)c1ccc(Cl)c(NC(=O)CNCC(C)C)c1. The van der Waals surface area contributed by atoms with Crippen LogP contribution >= 0.6 is 11.6 Å². The van der Waals surface area contributed by atoms with Gasteiger partial charge in [-0.2, -0.15) is 0 Å². The highest BCUT2D eigenvalue weighted by molar-refractivity contribution is 6.33. The van der Waals surface area contributed by atoms with Crippen LogP contribution in [-0.2, 0) is 9.53 Å². The number of nitrogens with one attached hydrogen (secondary N) is 2. The molecule has 0 atom stereocenters. The van der Waals surface area contributed by atoms with Crippen LogP contribution in [0.4, 0.5) is 5.69 Å². The van der Waals surface area contributed by atoms with Gasteiger partial charge in [0.1, 0.15) is 0 Å². The molecule has 0 radical (unpaired) electrons. The zero-order chi connectivity index (χ0) is 15.1. The molecule has 0 aliphatic rings. The Morgan fingerprint density at radius 3 is 2.65 bits per heavy atom. The summed E-state index contributed by atoms with van der Waals surface area (Å²) in [5, 5.41) is 6.06. The summed E-state index contributed by atoms with van der Waals surface area (Å²) in [6, 6.07) is 4.58. The Morgan fingerprint density at radius 1 is 1.35 bits per heavy atom. The largest absolute Gasteiger partial charge is 0.465 e. The highest BCUT2D eigenvalue weighted by Gasteiger charge is 2.11. The molecule has 1 rings (SSSR count). The minimum atomic E-state index is -0.477. The second kappa shape index (κ2) is 7.87. The molecule has 0 aliphatic carbocycles. The average molecular weight is 299 g/mol. The third-order valence-electron chi connectivity index (χ3n) is 2.50. The van der Waals surface area contributed by atoms with Crippen molar-refractivity contribution in [2.75, 3.05) is 25.5 Å². The van der Waals surface area contributed by atoms with Crippen LogP contribution < -0.4 is 10.6 Å². The summed E-state index contributed by atoms with van der Waals surface area (Å²) in [7, 11) is 1.30. The maximum Gasteiger partial charge on any atom is 0.337 e. The predicted octanol–water partition coefficient (Wildman–Crippen LogP) is 2.31. The van der Waals surface area contributed by atoms with E-state index in [9.17, 15) is 9.59 Å². The second-order valence-electron chi connectivity index (χ2n) is 4.76. The normalized spacial score (nSPS) is 10.4. The predicted molar refractivity (Wildman–Crippen MR) is 79.1 cm³/mol. The fourth-order valence-corrected chi connectivity index (χ4v) is 1.70. The molecule has 6 heteroatoms. The Hall–Kier alpha value is -1.59. The van der Waals surface area contributed by atoms with Gasteiger partial charge >= 0.3 is 5.97 Å². The molecule has 1 aromatic rings. The molecule has 5 nitrogen and oxygen atoms in total. The van der Waals surface area contributed by atoms with Gasteiger partial charge < -0.3 is 15.4 Å². The summed E-state index contributed by atoms with van der Waals surface area (Å²) in [4.78, 5) is 23.2. The highest BCUT2D eigenvalue weighted by atomic mass is 35.5. The van der Waals surface area contributed by atoms with Crippen molar-refractivity contribution < 1.29 is 14.3 Å². The molecule has 110 valence electrons. The van der Waals surface area contributed by atoms with Gasteiger partial charge in [-0.15, -0.1) is 0 Å². The Morgan fingerprint density at radius 2 is 2.05 bits per heavy atom. The molecule has 1 amide bonds. The zero-order valence-corrected chi connectivity index (χ0v) is 12.6. The van der Waals surface area contributed by atoms with Crippen LogP contribution in [0.15, 0.2) is 18.2 Å². The molecule has 0 saturated heterocycles. The van der Waals surface area contributed by atoms with E-state index in [-0.39, 0.29) is 12.5 Å². The number of rotatable bonds is 6. The molecule has 0 aliphatic heterocycles. The van der Waals surface area contributed by atoms with Crippen LogP contribution in [0.3, 0.4) is 0 Å². The molecule has 2 N–H and O–H groups in total. The summed E-state index contributed by atoms with van der Waals surface area (Å²) in [5.74, 6) is -0.223. The van der Waals surface area contributed by atoms with E-state index < -0.39 is 5.97 Å². The van der Waals surface area contributed by atoms with Crippen molar-refractivity contribution in [1.82, 2.24) is 5.32 Å². The first-order chi connectivity index (χ1) is 9.43. The highest BCUT2D eigenvalue weighted by Crippen LogP contribution is 2.23. The smallest absolute Gasteiger partial charge is 0.337 e. The molecule has 0 unspecified atom stereocenters. The van der Waals surface area contributed by atoms with Gasteiger partial charge in [-0.25, -0.2) is 4.79 Å². The summed E-state index contributed by atoms with van der Waals surface area (Å²) < 4.78 is 4.62. The minimum Gasteiger partial charge on any atom is -0.465 e.